The third-order valence-corrected chi connectivity index (χ3v) is 5.86. The quantitative estimate of drug-likeness (QED) is 0.835. The van der Waals surface area contributed by atoms with Gasteiger partial charge >= 0.3 is 0 Å². The molecule has 1 atom stereocenters. The molecular weight excluding hydrogens is 272 g/mol. The molecule has 0 fully saturated rings. The third-order valence-electron chi connectivity index (χ3n) is 3.12. The topological polar surface area (TPSA) is 43.4 Å². The van der Waals surface area contributed by atoms with Crippen molar-refractivity contribution >= 4 is 21.4 Å². The predicted molar refractivity (Wildman–Crippen MR) is 74.9 cm³/mol. The minimum atomic E-state index is -3.18. The lowest BCUT2D eigenvalue weighted by molar-refractivity contribution is 0.414. The van der Waals surface area contributed by atoms with Gasteiger partial charge in [-0.1, -0.05) is 31.5 Å². The van der Waals surface area contributed by atoms with Gasteiger partial charge in [0, 0.05) is 5.02 Å². The van der Waals surface area contributed by atoms with Crippen molar-refractivity contribution in [2.45, 2.75) is 31.8 Å². The van der Waals surface area contributed by atoms with Crippen molar-refractivity contribution in [1.82, 2.24) is 0 Å². The zero-order valence-corrected chi connectivity index (χ0v) is 12.7. The summed E-state index contributed by atoms with van der Waals surface area (Å²) in [6.07, 6.45) is 0. The molecule has 0 saturated heterocycles. The van der Waals surface area contributed by atoms with E-state index in [1.807, 2.05) is 13.8 Å². The van der Waals surface area contributed by atoms with E-state index in [-0.39, 0.29) is 16.9 Å². The van der Waals surface area contributed by atoms with Crippen LogP contribution in [0.2, 0.25) is 5.02 Å². The summed E-state index contributed by atoms with van der Waals surface area (Å²) in [5, 5.41) is 0.0459. The SMILES string of the molecule is COc1ccc(CS(=O)(=O)[C@H](C)C(C)C)c(Cl)c1. The first-order chi connectivity index (χ1) is 8.27. The van der Waals surface area contributed by atoms with Crippen LogP contribution in [0, 0.1) is 5.92 Å². The van der Waals surface area contributed by atoms with Crippen LogP contribution >= 0.6 is 11.6 Å². The van der Waals surface area contributed by atoms with Gasteiger partial charge in [-0.2, -0.15) is 0 Å². The van der Waals surface area contributed by atoms with Gasteiger partial charge in [0.1, 0.15) is 5.75 Å². The molecule has 1 aromatic rings. The number of hydrogen-bond acceptors (Lipinski definition) is 3. The van der Waals surface area contributed by atoms with Gasteiger partial charge in [-0.05, 0) is 30.5 Å². The normalized spacial score (nSPS) is 13.7. The fourth-order valence-corrected chi connectivity index (χ4v) is 3.63. The highest BCUT2D eigenvalue weighted by atomic mass is 35.5. The number of sulfone groups is 1. The van der Waals surface area contributed by atoms with Crippen molar-refractivity contribution in [2.24, 2.45) is 5.92 Å². The summed E-state index contributed by atoms with van der Waals surface area (Å²) in [4.78, 5) is 0. The van der Waals surface area contributed by atoms with Crippen LogP contribution in [0.1, 0.15) is 26.3 Å². The molecule has 0 saturated carbocycles. The van der Waals surface area contributed by atoms with Crippen LogP contribution in [0.3, 0.4) is 0 Å². The standard InChI is InChI=1S/C13H19ClO3S/c1-9(2)10(3)18(15,16)8-11-5-6-12(17-4)7-13(11)14/h5-7,9-10H,8H2,1-4H3/t10-/m1/s1. The maximum atomic E-state index is 12.2. The Labute approximate surface area is 114 Å². The number of hydrogen-bond donors (Lipinski definition) is 0. The molecule has 18 heavy (non-hydrogen) atoms. The summed E-state index contributed by atoms with van der Waals surface area (Å²) < 4.78 is 29.3. The molecule has 0 heterocycles. The van der Waals surface area contributed by atoms with E-state index in [1.54, 1.807) is 32.2 Å². The average molecular weight is 291 g/mol. The first kappa shape index (κ1) is 15.3. The fourth-order valence-electron chi connectivity index (χ4n) is 1.53. The molecule has 0 spiro atoms. The second-order valence-electron chi connectivity index (χ2n) is 4.71. The first-order valence-corrected chi connectivity index (χ1v) is 7.91. The van der Waals surface area contributed by atoms with E-state index in [4.69, 9.17) is 16.3 Å². The zero-order chi connectivity index (χ0) is 13.9. The molecule has 1 rings (SSSR count). The highest BCUT2D eigenvalue weighted by Gasteiger charge is 2.25. The van der Waals surface area contributed by atoms with E-state index in [0.29, 0.717) is 16.3 Å². The molecule has 0 aromatic heterocycles. The molecule has 3 nitrogen and oxygen atoms in total. The van der Waals surface area contributed by atoms with Crippen molar-refractivity contribution in [3.05, 3.63) is 28.8 Å². The molecule has 1 aromatic carbocycles. The third kappa shape index (κ3) is 3.62. The van der Waals surface area contributed by atoms with Crippen molar-refractivity contribution in [3.8, 4) is 5.75 Å². The van der Waals surface area contributed by atoms with Gasteiger partial charge in [0.25, 0.3) is 0 Å². The minimum Gasteiger partial charge on any atom is -0.497 e. The predicted octanol–water partition coefficient (Wildman–Crippen LogP) is 3.31. The molecule has 0 radical (unpaired) electrons. The second kappa shape index (κ2) is 5.93. The average Bonchev–Trinajstić information content (AvgIpc) is 2.30. The molecular formula is C13H19ClO3S. The fraction of sp³-hybridized carbons (Fsp3) is 0.538. The van der Waals surface area contributed by atoms with E-state index in [9.17, 15) is 8.42 Å². The Morgan fingerprint density at radius 2 is 1.89 bits per heavy atom. The molecule has 0 unspecified atom stereocenters. The van der Waals surface area contributed by atoms with Crippen molar-refractivity contribution in [3.63, 3.8) is 0 Å². The molecule has 0 aliphatic rings. The largest absolute Gasteiger partial charge is 0.497 e. The molecule has 0 bridgehead atoms. The van der Waals surface area contributed by atoms with E-state index in [0.717, 1.165) is 0 Å². The number of rotatable bonds is 5. The summed E-state index contributed by atoms with van der Waals surface area (Å²) in [5.74, 6) is 0.680. The molecule has 0 amide bonds. The van der Waals surface area contributed by atoms with Crippen molar-refractivity contribution in [1.29, 1.82) is 0 Å². The van der Waals surface area contributed by atoms with E-state index in [1.165, 1.54) is 0 Å². The van der Waals surface area contributed by atoms with Crippen molar-refractivity contribution in [2.75, 3.05) is 7.11 Å². The van der Waals surface area contributed by atoms with Gasteiger partial charge in [0.05, 0.1) is 18.1 Å². The van der Waals surface area contributed by atoms with Gasteiger partial charge < -0.3 is 4.74 Å². The number of halogens is 1. The number of ether oxygens (including phenoxy) is 1. The van der Waals surface area contributed by atoms with Gasteiger partial charge in [-0.3, -0.25) is 0 Å². The summed E-state index contributed by atoms with van der Waals surface area (Å²) in [7, 11) is -1.64. The summed E-state index contributed by atoms with van der Waals surface area (Å²) in [5.41, 5.74) is 0.616. The van der Waals surface area contributed by atoms with Crippen LogP contribution < -0.4 is 4.74 Å². The Morgan fingerprint density at radius 3 is 2.33 bits per heavy atom. The van der Waals surface area contributed by atoms with E-state index >= 15 is 0 Å². The zero-order valence-electron chi connectivity index (χ0n) is 11.1. The smallest absolute Gasteiger partial charge is 0.157 e. The Bertz CT molecular complexity index is 509. The molecule has 0 aliphatic carbocycles. The van der Waals surface area contributed by atoms with Gasteiger partial charge in [0.15, 0.2) is 9.84 Å². The maximum absolute atomic E-state index is 12.2. The van der Waals surface area contributed by atoms with Gasteiger partial charge in [-0.15, -0.1) is 0 Å². The van der Waals surface area contributed by atoms with E-state index in [2.05, 4.69) is 0 Å². The van der Waals surface area contributed by atoms with Crippen LogP contribution in [0.25, 0.3) is 0 Å². The summed E-state index contributed by atoms with van der Waals surface area (Å²) in [6, 6.07) is 5.05. The minimum absolute atomic E-state index is 0.0326. The van der Waals surface area contributed by atoms with Crippen molar-refractivity contribution < 1.29 is 13.2 Å². The van der Waals surface area contributed by atoms with Crippen LogP contribution in [0.15, 0.2) is 18.2 Å². The van der Waals surface area contributed by atoms with Crippen LogP contribution in [-0.2, 0) is 15.6 Å². The van der Waals surface area contributed by atoms with Crippen LogP contribution in [0.4, 0.5) is 0 Å². The Morgan fingerprint density at radius 1 is 1.28 bits per heavy atom. The number of benzene rings is 1. The number of methoxy groups -OCH3 is 1. The van der Waals surface area contributed by atoms with Crippen LogP contribution in [-0.4, -0.2) is 20.8 Å². The molecule has 0 aliphatic heterocycles. The first-order valence-electron chi connectivity index (χ1n) is 5.82. The Kier molecular flexibility index (Phi) is 5.05. The van der Waals surface area contributed by atoms with Gasteiger partial charge in [-0.25, -0.2) is 8.42 Å². The van der Waals surface area contributed by atoms with E-state index < -0.39 is 9.84 Å². The van der Waals surface area contributed by atoms with Crippen LogP contribution in [0.5, 0.6) is 5.75 Å². The highest BCUT2D eigenvalue weighted by Crippen LogP contribution is 2.26. The van der Waals surface area contributed by atoms with Gasteiger partial charge in [0.2, 0.25) is 0 Å². The second-order valence-corrected chi connectivity index (χ2v) is 7.48. The molecule has 102 valence electrons. The lowest BCUT2D eigenvalue weighted by Crippen LogP contribution is -2.24. The lowest BCUT2D eigenvalue weighted by Gasteiger charge is -2.17. The highest BCUT2D eigenvalue weighted by molar-refractivity contribution is 7.91. The summed E-state index contributed by atoms with van der Waals surface area (Å²) >= 11 is 6.05. The Balaban J connectivity index is 2.98. The maximum Gasteiger partial charge on any atom is 0.157 e. The Hall–Kier alpha value is -0.740. The summed E-state index contributed by atoms with van der Waals surface area (Å²) in [6.45, 7) is 5.53. The molecule has 5 heteroatoms. The molecule has 0 N–H and O–H groups in total. The lowest BCUT2D eigenvalue weighted by atomic mass is 10.2. The monoisotopic (exact) mass is 290 g/mol.